The van der Waals surface area contributed by atoms with Crippen LogP contribution in [0.2, 0.25) is 0 Å². The largest absolute Gasteiger partial charge is 0.367 e. The van der Waals surface area contributed by atoms with Gasteiger partial charge in [-0.1, -0.05) is 19.3 Å². The minimum atomic E-state index is -0.0875. The summed E-state index contributed by atoms with van der Waals surface area (Å²) >= 11 is 0. The minimum absolute atomic E-state index is 0.0875. The second-order valence-electron chi connectivity index (χ2n) is 4.72. The van der Waals surface area contributed by atoms with Gasteiger partial charge in [-0.15, -0.1) is 0 Å². The van der Waals surface area contributed by atoms with Gasteiger partial charge in [0.05, 0.1) is 17.9 Å². The van der Waals surface area contributed by atoms with E-state index in [1.807, 2.05) is 19.3 Å². The van der Waals surface area contributed by atoms with Gasteiger partial charge in [0.2, 0.25) is 0 Å². The molecule has 0 unspecified atom stereocenters. The highest BCUT2D eigenvalue weighted by atomic mass is 16.5. The molecule has 0 atom stereocenters. The van der Waals surface area contributed by atoms with Crippen molar-refractivity contribution in [1.82, 2.24) is 9.78 Å². The van der Waals surface area contributed by atoms with Gasteiger partial charge in [-0.25, -0.2) is 0 Å². The van der Waals surface area contributed by atoms with Crippen LogP contribution in [0.4, 0.5) is 0 Å². The van der Waals surface area contributed by atoms with Crippen molar-refractivity contribution in [2.45, 2.75) is 44.3 Å². The standard InChI is InChI=1S/C12H21N3O/c1-15-8-5-11(14-15)9-16-12(10-13)6-3-2-4-7-12/h5,8H,2-4,6-7,9-10,13H2,1H3. The zero-order chi connectivity index (χ0) is 11.4. The molecule has 0 radical (unpaired) electrons. The molecule has 0 aliphatic heterocycles. The maximum Gasteiger partial charge on any atom is 0.0914 e. The van der Waals surface area contributed by atoms with Crippen molar-refractivity contribution in [3.8, 4) is 0 Å². The Morgan fingerprint density at radius 2 is 2.19 bits per heavy atom. The molecule has 0 aromatic carbocycles. The van der Waals surface area contributed by atoms with E-state index in [1.165, 1.54) is 19.3 Å². The molecule has 1 saturated carbocycles. The average Bonchev–Trinajstić information content (AvgIpc) is 2.74. The number of hydrogen-bond donors (Lipinski definition) is 1. The number of nitrogens with zero attached hydrogens (tertiary/aromatic N) is 2. The summed E-state index contributed by atoms with van der Waals surface area (Å²) in [4.78, 5) is 0. The number of hydrogen-bond acceptors (Lipinski definition) is 3. The van der Waals surface area contributed by atoms with E-state index in [1.54, 1.807) is 4.68 Å². The van der Waals surface area contributed by atoms with E-state index in [0.717, 1.165) is 18.5 Å². The molecule has 1 aromatic rings. The van der Waals surface area contributed by atoms with Crippen LogP contribution < -0.4 is 5.73 Å². The number of rotatable bonds is 4. The molecule has 1 heterocycles. The fourth-order valence-corrected chi connectivity index (χ4v) is 2.37. The zero-order valence-electron chi connectivity index (χ0n) is 9.98. The Balaban J connectivity index is 1.91. The van der Waals surface area contributed by atoms with E-state index in [2.05, 4.69) is 5.10 Å². The molecule has 16 heavy (non-hydrogen) atoms. The van der Waals surface area contributed by atoms with Crippen molar-refractivity contribution >= 4 is 0 Å². The van der Waals surface area contributed by atoms with Crippen LogP contribution in [0.1, 0.15) is 37.8 Å². The first kappa shape index (κ1) is 11.6. The lowest BCUT2D eigenvalue weighted by Crippen LogP contribution is -2.42. The van der Waals surface area contributed by atoms with Crippen LogP contribution in [-0.2, 0) is 18.4 Å². The normalized spacial score (nSPS) is 19.9. The van der Waals surface area contributed by atoms with Gasteiger partial charge in [0.1, 0.15) is 0 Å². The quantitative estimate of drug-likeness (QED) is 0.843. The van der Waals surface area contributed by atoms with Crippen LogP contribution in [0.15, 0.2) is 12.3 Å². The van der Waals surface area contributed by atoms with Gasteiger partial charge in [-0.05, 0) is 18.9 Å². The topological polar surface area (TPSA) is 53.1 Å². The second-order valence-corrected chi connectivity index (χ2v) is 4.72. The molecule has 1 aromatic heterocycles. The molecule has 1 aliphatic rings. The third-order valence-corrected chi connectivity index (χ3v) is 3.43. The molecule has 1 aliphatic carbocycles. The highest BCUT2D eigenvalue weighted by molar-refractivity contribution is 4.97. The van der Waals surface area contributed by atoms with E-state index in [0.29, 0.717) is 13.2 Å². The van der Waals surface area contributed by atoms with Crippen molar-refractivity contribution in [2.75, 3.05) is 6.54 Å². The van der Waals surface area contributed by atoms with Crippen molar-refractivity contribution in [3.05, 3.63) is 18.0 Å². The average molecular weight is 223 g/mol. The molecular formula is C12H21N3O. The first-order chi connectivity index (χ1) is 7.74. The van der Waals surface area contributed by atoms with Gasteiger partial charge in [0, 0.05) is 19.8 Å². The summed E-state index contributed by atoms with van der Waals surface area (Å²) in [5, 5.41) is 4.31. The van der Waals surface area contributed by atoms with Gasteiger partial charge >= 0.3 is 0 Å². The van der Waals surface area contributed by atoms with Crippen LogP contribution in [-0.4, -0.2) is 21.9 Å². The molecule has 0 bridgehead atoms. The Morgan fingerprint density at radius 1 is 1.44 bits per heavy atom. The number of aromatic nitrogens is 2. The zero-order valence-corrected chi connectivity index (χ0v) is 9.98. The lowest BCUT2D eigenvalue weighted by Gasteiger charge is -2.35. The van der Waals surface area contributed by atoms with E-state index >= 15 is 0 Å². The molecule has 0 saturated heterocycles. The molecule has 0 spiro atoms. The summed E-state index contributed by atoms with van der Waals surface area (Å²) < 4.78 is 7.82. The van der Waals surface area contributed by atoms with E-state index < -0.39 is 0 Å². The Kier molecular flexibility index (Phi) is 3.61. The molecule has 2 N–H and O–H groups in total. The summed E-state index contributed by atoms with van der Waals surface area (Å²) in [7, 11) is 1.92. The van der Waals surface area contributed by atoms with Crippen LogP contribution in [0.25, 0.3) is 0 Å². The predicted molar refractivity (Wildman–Crippen MR) is 62.9 cm³/mol. The Hall–Kier alpha value is -0.870. The molecule has 90 valence electrons. The molecule has 2 rings (SSSR count). The van der Waals surface area contributed by atoms with Crippen LogP contribution in [0.3, 0.4) is 0 Å². The minimum Gasteiger partial charge on any atom is -0.367 e. The van der Waals surface area contributed by atoms with Gasteiger partial charge in [0.15, 0.2) is 0 Å². The molecular weight excluding hydrogens is 202 g/mol. The Labute approximate surface area is 96.8 Å². The smallest absolute Gasteiger partial charge is 0.0914 e. The Morgan fingerprint density at radius 3 is 2.75 bits per heavy atom. The van der Waals surface area contributed by atoms with E-state index in [-0.39, 0.29) is 5.60 Å². The summed E-state index contributed by atoms with van der Waals surface area (Å²) in [6, 6.07) is 1.99. The van der Waals surface area contributed by atoms with Gasteiger partial charge in [0.25, 0.3) is 0 Å². The first-order valence-corrected chi connectivity index (χ1v) is 6.07. The molecule has 0 amide bonds. The summed E-state index contributed by atoms with van der Waals surface area (Å²) in [6.45, 7) is 1.21. The van der Waals surface area contributed by atoms with E-state index in [4.69, 9.17) is 10.5 Å². The second kappa shape index (κ2) is 4.97. The lowest BCUT2D eigenvalue weighted by molar-refractivity contribution is -0.0745. The van der Waals surface area contributed by atoms with Crippen LogP contribution >= 0.6 is 0 Å². The predicted octanol–water partition coefficient (Wildman–Crippen LogP) is 1.60. The summed E-state index contributed by atoms with van der Waals surface area (Å²) in [5.74, 6) is 0. The van der Waals surface area contributed by atoms with Gasteiger partial charge in [-0.2, -0.15) is 5.10 Å². The van der Waals surface area contributed by atoms with Crippen LogP contribution in [0.5, 0.6) is 0 Å². The van der Waals surface area contributed by atoms with Crippen molar-refractivity contribution < 1.29 is 4.74 Å². The summed E-state index contributed by atoms with van der Waals surface area (Å²) in [5.41, 5.74) is 6.76. The lowest BCUT2D eigenvalue weighted by atomic mass is 9.85. The fraction of sp³-hybridized carbons (Fsp3) is 0.750. The summed E-state index contributed by atoms with van der Waals surface area (Å²) in [6.07, 6.45) is 7.91. The van der Waals surface area contributed by atoms with Crippen molar-refractivity contribution in [2.24, 2.45) is 12.8 Å². The fourth-order valence-electron chi connectivity index (χ4n) is 2.37. The maximum absolute atomic E-state index is 6.02. The molecule has 4 nitrogen and oxygen atoms in total. The van der Waals surface area contributed by atoms with Crippen LogP contribution in [0, 0.1) is 0 Å². The Bertz CT molecular complexity index is 329. The SMILES string of the molecule is Cn1ccc(COC2(CN)CCCCC2)n1. The van der Waals surface area contributed by atoms with Crippen molar-refractivity contribution in [3.63, 3.8) is 0 Å². The highest BCUT2D eigenvalue weighted by Crippen LogP contribution is 2.31. The number of aryl methyl sites for hydroxylation is 1. The first-order valence-electron chi connectivity index (χ1n) is 6.07. The third kappa shape index (κ3) is 2.62. The van der Waals surface area contributed by atoms with Gasteiger partial charge in [-0.3, -0.25) is 4.68 Å². The number of nitrogens with two attached hydrogens (primary N) is 1. The number of ether oxygens (including phenoxy) is 1. The van der Waals surface area contributed by atoms with Gasteiger partial charge < -0.3 is 10.5 Å². The van der Waals surface area contributed by atoms with Crippen molar-refractivity contribution in [1.29, 1.82) is 0 Å². The van der Waals surface area contributed by atoms with E-state index in [9.17, 15) is 0 Å². The highest BCUT2D eigenvalue weighted by Gasteiger charge is 2.31. The molecule has 1 fully saturated rings. The third-order valence-electron chi connectivity index (χ3n) is 3.43. The monoisotopic (exact) mass is 223 g/mol. The maximum atomic E-state index is 6.02. The molecule has 4 heteroatoms.